The van der Waals surface area contributed by atoms with Gasteiger partial charge in [-0.05, 0) is 42.3 Å². The summed E-state index contributed by atoms with van der Waals surface area (Å²) in [7, 11) is 1.58. The second kappa shape index (κ2) is 7.71. The molecule has 0 radical (unpaired) electrons. The number of amides is 1. The van der Waals surface area contributed by atoms with Gasteiger partial charge < -0.3 is 14.8 Å². The van der Waals surface area contributed by atoms with Crippen LogP contribution in [0.5, 0.6) is 11.5 Å². The minimum atomic E-state index is -0.235. The van der Waals surface area contributed by atoms with Crippen LogP contribution in [-0.2, 0) is 11.2 Å². The molecule has 1 amide bonds. The molecule has 0 unspecified atom stereocenters. The number of nitrogens with one attached hydrogen (secondary N) is 1. The van der Waals surface area contributed by atoms with Gasteiger partial charge in [0.1, 0.15) is 11.5 Å². The zero-order chi connectivity index (χ0) is 15.9. The Kier molecular flexibility index (Phi) is 5.67. The fraction of sp³-hybridized carbons (Fsp3) is 0.235. The molecule has 2 aromatic rings. The predicted molar refractivity (Wildman–Crippen MR) is 87.9 cm³/mol. The average molecular weight is 320 g/mol. The van der Waals surface area contributed by atoms with E-state index < -0.39 is 0 Å². The summed E-state index contributed by atoms with van der Waals surface area (Å²) in [5.41, 5.74) is 1.66. The van der Waals surface area contributed by atoms with Crippen LogP contribution < -0.4 is 14.8 Å². The molecule has 2 aromatic carbocycles. The van der Waals surface area contributed by atoms with Crippen molar-refractivity contribution in [1.82, 2.24) is 0 Å². The van der Waals surface area contributed by atoms with Gasteiger partial charge in [-0.15, -0.1) is 0 Å². The molecule has 0 aromatic heterocycles. The molecule has 0 spiro atoms. The zero-order valence-electron chi connectivity index (χ0n) is 12.6. The highest BCUT2D eigenvalue weighted by Gasteiger charge is 2.06. The number of hydrogen-bond acceptors (Lipinski definition) is 3. The normalized spacial score (nSPS) is 10.1. The van der Waals surface area contributed by atoms with Crippen LogP contribution in [0, 0.1) is 0 Å². The Morgan fingerprint density at radius 2 is 2.00 bits per heavy atom. The molecule has 1 N–H and O–H groups in total. The number of halogens is 1. The lowest BCUT2D eigenvalue weighted by Crippen LogP contribution is -2.20. The second-order valence-corrected chi connectivity index (χ2v) is 5.08. The number of carbonyl (C=O) groups excluding carboxylic acids is 1. The van der Waals surface area contributed by atoms with Crippen molar-refractivity contribution in [3.8, 4) is 11.5 Å². The van der Waals surface area contributed by atoms with E-state index in [1.54, 1.807) is 31.4 Å². The fourth-order valence-electron chi connectivity index (χ4n) is 1.96. The SMILES string of the molecule is CCc1cc(OCC(=O)Nc2cccc(OC)c2)ccc1Cl. The molecule has 22 heavy (non-hydrogen) atoms. The Labute approximate surface area is 135 Å². The van der Waals surface area contributed by atoms with Crippen LogP contribution in [0.2, 0.25) is 5.02 Å². The van der Waals surface area contributed by atoms with E-state index in [1.807, 2.05) is 25.1 Å². The smallest absolute Gasteiger partial charge is 0.262 e. The predicted octanol–water partition coefficient (Wildman–Crippen LogP) is 3.93. The number of carbonyl (C=O) groups is 1. The quantitative estimate of drug-likeness (QED) is 0.877. The molecule has 0 saturated heterocycles. The Morgan fingerprint density at radius 3 is 2.73 bits per heavy atom. The van der Waals surface area contributed by atoms with Crippen molar-refractivity contribution >= 4 is 23.2 Å². The van der Waals surface area contributed by atoms with Gasteiger partial charge in [0.05, 0.1) is 7.11 Å². The van der Waals surface area contributed by atoms with Crippen LogP contribution >= 0.6 is 11.6 Å². The molecule has 2 rings (SSSR count). The van der Waals surface area contributed by atoms with E-state index in [9.17, 15) is 4.79 Å². The molecule has 5 heteroatoms. The number of benzene rings is 2. The summed E-state index contributed by atoms with van der Waals surface area (Å²) >= 11 is 6.05. The zero-order valence-corrected chi connectivity index (χ0v) is 13.3. The van der Waals surface area contributed by atoms with Gasteiger partial charge in [0.15, 0.2) is 6.61 Å². The second-order valence-electron chi connectivity index (χ2n) is 4.68. The van der Waals surface area contributed by atoms with Gasteiger partial charge in [0.2, 0.25) is 0 Å². The largest absolute Gasteiger partial charge is 0.497 e. The molecule has 0 saturated carbocycles. The molecule has 0 aliphatic rings. The number of aryl methyl sites for hydroxylation is 1. The lowest BCUT2D eigenvalue weighted by Gasteiger charge is -2.10. The van der Waals surface area contributed by atoms with E-state index in [2.05, 4.69) is 5.32 Å². The van der Waals surface area contributed by atoms with Crippen molar-refractivity contribution in [3.05, 3.63) is 53.1 Å². The van der Waals surface area contributed by atoms with Crippen molar-refractivity contribution < 1.29 is 14.3 Å². The number of anilines is 1. The van der Waals surface area contributed by atoms with Crippen LogP contribution in [0.4, 0.5) is 5.69 Å². The number of hydrogen-bond donors (Lipinski definition) is 1. The lowest BCUT2D eigenvalue weighted by molar-refractivity contribution is -0.118. The summed E-state index contributed by atoms with van der Waals surface area (Å²) in [5, 5.41) is 3.46. The van der Waals surface area contributed by atoms with Crippen LogP contribution in [-0.4, -0.2) is 19.6 Å². The Morgan fingerprint density at radius 1 is 1.18 bits per heavy atom. The molecular formula is C17H18ClNO3. The van der Waals surface area contributed by atoms with Gasteiger partial charge in [-0.25, -0.2) is 0 Å². The monoisotopic (exact) mass is 319 g/mol. The van der Waals surface area contributed by atoms with E-state index in [0.717, 1.165) is 12.0 Å². The van der Waals surface area contributed by atoms with Gasteiger partial charge in [-0.1, -0.05) is 24.6 Å². The summed E-state index contributed by atoms with van der Waals surface area (Å²) in [6, 6.07) is 12.5. The molecule has 0 aliphatic carbocycles. The summed E-state index contributed by atoms with van der Waals surface area (Å²) in [6.45, 7) is 1.95. The third-order valence-electron chi connectivity index (χ3n) is 3.12. The van der Waals surface area contributed by atoms with Crippen LogP contribution in [0.3, 0.4) is 0 Å². The molecule has 4 nitrogen and oxygen atoms in total. The molecule has 116 valence electrons. The number of ether oxygens (including phenoxy) is 2. The lowest BCUT2D eigenvalue weighted by atomic mass is 10.1. The first-order valence-electron chi connectivity index (χ1n) is 6.97. The summed E-state index contributed by atoms with van der Waals surface area (Å²) in [6.07, 6.45) is 0.812. The highest BCUT2D eigenvalue weighted by Crippen LogP contribution is 2.22. The first-order valence-corrected chi connectivity index (χ1v) is 7.35. The third kappa shape index (κ3) is 4.40. The summed E-state index contributed by atoms with van der Waals surface area (Å²) < 4.78 is 10.6. The molecule has 0 fully saturated rings. The number of methoxy groups -OCH3 is 1. The summed E-state index contributed by atoms with van der Waals surface area (Å²) in [5.74, 6) is 1.08. The fourth-order valence-corrected chi connectivity index (χ4v) is 2.21. The highest BCUT2D eigenvalue weighted by atomic mass is 35.5. The Hall–Kier alpha value is -2.20. The van der Waals surface area contributed by atoms with Crippen molar-refractivity contribution in [2.45, 2.75) is 13.3 Å². The van der Waals surface area contributed by atoms with Gasteiger partial charge in [-0.2, -0.15) is 0 Å². The van der Waals surface area contributed by atoms with Crippen molar-refractivity contribution in [2.24, 2.45) is 0 Å². The average Bonchev–Trinajstić information content (AvgIpc) is 2.54. The van der Waals surface area contributed by atoms with E-state index in [0.29, 0.717) is 22.2 Å². The first kappa shape index (κ1) is 16.2. The van der Waals surface area contributed by atoms with E-state index in [4.69, 9.17) is 21.1 Å². The standard InChI is InChI=1S/C17H18ClNO3/c1-3-12-9-15(7-8-16(12)18)22-11-17(20)19-13-5-4-6-14(10-13)21-2/h4-10H,3,11H2,1-2H3,(H,19,20). The van der Waals surface area contributed by atoms with E-state index >= 15 is 0 Å². The third-order valence-corrected chi connectivity index (χ3v) is 3.49. The molecule has 0 bridgehead atoms. The number of rotatable bonds is 6. The highest BCUT2D eigenvalue weighted by molar-refractivity contribution is 6.31. The molecule has 0 atom stereocenters. The maximum atomic E-state index is 11.9. The van der Waals surface area contributed by atoms with E-state index in [1.165, 1.54) is 0 Å². The van der Waals surface area contributed by atoms with Gasteiger partial charge >= 0.3 is 0 Å². The minimum Gasteiger partial charge on any atom is -0.497 e. The van der Waals surface area contributed by atoms with Crippen molar-refractivity contribution in [3.63, 3.8) is 0 Å². The topological polar surface area (TPSA) is 47.6 Å². The molecule has 0 aliphatic heterocycles. The maximum absolute atomic E-state index is 11.9. The van der Waals surface area contributed by atoms with Crippen LogP contribution in [0.25, 0.3) is 0 Å². The summed E-state index contributed by atoms with van der Waals surface area (Å²) in [4.78, 5) is 11.9. The van der Waals surface area contributed by atoms with Gasteiger partial charge in [-0.3, -0.25) is 4.79 Å². The van der Waals surface area contributed by atoms with Crippen molar-refractivity contribution in [2.75, 3.05) is 19.0 Å². The van der Waals surface area contributed by atoms with E-state index in [-0.39, 0.29) is 12.5 Å². The van der Waals surface area contributed by atoms with Crippen LogP contribution in [0.1, 0.15) is 12.5 Å². The Bertz CT molecular complexity index is 658. The molecule has 0 heterocycles. The van der Waals surface area contributed by atoms with Crippen LogP contribution in [0.15, 0.2) is 42.5 Å². The first-order chi connectivity index (χ1) is 10.6. The van der Waals surface area contributed by atoms with Gasteiger partial charge in [0.25, 0.3) is 5.91 Å². The maximum Gasteiger partial charge on any atom is 0.262 e. The van der Waals surface area contributed by atoms with Gasteiger partial charge in [0, 0.05) is 16.8 Å². The Balaban J connectivity index is 1.92. The minimum absolute atomic E-state index is 0.0675. The molecular weight excluding hydrogens is 302 g/mol. The van der Waals surface area contributed by atoms with Crippen molar-refractivity contribution in [1.29, 1.82) is 0 Å².